The van der Waals surface area contributed by atoms with Gasteiger partial charge in [-0.2, -0.15) is 0 Å². The number of para-hydroxylation sites is 1. The molecule has 5 nitrogen and oxygen atoms in total. The van der Waals surface area contributed by atoms with Crippen molar-refractivity contribution in [1.29, 1.82) is 0 Å². The Kier molecular flexibility index (Phi) is 6.33. The van der Waals surface area contributed by atoms with Gasteiger partial charge in [0.1, 0.15) is 0 Å². The van der Waals surface area contributed by atoms with E-state index in [9.17, 15) is 9.59 Å². The Balaban J connectivity index is 1.61. The van der Waals surface area contributed by atoms with E-state index in [1.54, 1.807) is 18.2 Å². The summed E-state index contributed by atoms with van der Waals surface area (Å²) >= 11 is 5.22. The number of anilines is 1. The fourth-order valence-corrected chi connectivity index (χ4v) is 3.12. The minimum atomic E-state index is -0.334. The van der Waals surface area contributed by atoms with Crippen molar-refractivity contribution in [2.24, 2.45) is 0 Å². The van der Waals surface area contributed by atoms with Crippen LogP contribution in [0, 0.1) is 0 Å². The van der Waals surface area contributed by atoms with Gasteiger partial charge in [-0.25, -0.2) is 0 Å². The molecule has 1 saturated heterocycles. The topological polar surface area (TPSA) is 61.4 Å². The van der Waals surface area contributed by atoms with Crippen molar-refractivity contribution >= 4 is 40.9 Å². The summed E-state index contributed by atoms with van der Waals surface area (Å²) in [6, 6.07) is 16.7. The highest BCUT2D eigenvalue weighted by Gasteiger charge is 2.21. The van der Waals surface area contributed by atoms with Gasteiger partial charge in [0.15, 0.2) is 5.11 Å². The highest BCUT2D eigenvalue weighted by Crippen LogP contribution is 2.20. The van der Waals surface area contributed by atoms with Crippen molar-refractivity contribution in [2.75, 3.05) is 18.4 Å². The number of hydrogen-bond donors (Lipinski definition) is 2. The number of carbonyl (C=O) groups is 2. The Morgan fingerprint density at radius 2 is 1.63 bits per heavy atom. The van der Waals surface area contributed by atoms with Crippen molar-refractivity contribution in [3.05, 3.63) is 71.8 Å². The van der Waals surface area contributed by atoms with Gasteiger partial charge in [-0.05, 0) is 48.8 Å². The third-order valence-electron chi connectivity index (χ3n) is 4.26. The molecule has 0 aromatic heterocycles. The van der Waals surface area contributed by atoms with E-state index in [0.717, 1.165) is 31.5 Å². The average Bonchev–Trinajstić information content (AvgIpc) is 3.22. The molecule has 0 aliphatic carbocycles. The van der Waals surface area contributed by atoms with Gasteiger partial charge in [0.25, 0.3) is 5.91 Å². The van der Waals surface area contributed by atoms with Crippen LogP contribution in [-0.4, -0.2) is 34.9 Å². The SMILES string of the molecule is O=C(/C=C/c1ccccc1)NC(=S)Nc1ccccc1C(=O)N1CCCC1. The highest BCUT2D eigenvalue weighted by atomic mass is 32.1. The van der Waals surface area contributed by atoms with Crippen LogP contribution in [0.25, 0.3) is 6.08 Å². The van der Waals surface area contributed by atoms with Gasteiger partial charge < -0.3 is 10.2 Å². The van der Waals surface area contributed by atoms with E-state index < -0.39 is 0 Å². The first-order valence-electron chi connectivity index (χ1n) is 8.87. The smallest absolute Gasteiger partial charge is 0.255 e. The fourth-order valence-electron chi connectivity index (χ4n) is 2.91. The third-order valence-corrected chi connectivity index (χ3v) is 4.47. The lowest BCUT2D eigenvalue weighted by Gasteiger charge is -2.18. The first kappa shape index (κ1) is 18.8. The quantitative estimate of drug-likeness (QED) is 0.631. The van der Waals surface area contributed by atoms with Crippen LogP contribution < -0.4 is 10.6 Å². The van der Waals surface area contributed by atoms with Gasteiger partial charge in [-0.3, -0.25) is 14.9 Å². The zero-order valence-electron chi connectivity index (χ0n) is 14.9. The number of carbonyl (C=O) groups excluding carboxylic acids is 2. The van der Waals surface area contributed by atoms with Crippen LogP contribution in [0.5, 0.6) is 0 Å². The van der Waals surface area contributed by atoms with Crippen molar-refractivity contribution in [3.8, 4) is 0 Å². The third kappa shape index (κ3) is 5.24. The molecule has 1 fully saturated rings. The lowest BCUT2D eigenvalue weighted by Crippen LogP contribution is -2.34. The predicted octanol–water partition coefficient (Wildman–Crippen LogP) is 3.45. The first-order valence-corrected chi connectivity index (χ1v) is 9.28. The second-order valence-corrected chi connectivity index (χ2v) is 6.64. The molecular formula is C21H21N3O2S. The normalized spacial score (nSPS) is 13.6. The van der Waals surface area contributed by atoms with Gasteiger partial charge >= 0.3 is 0 Å². The minimum Gasteiger partial charge on any atom is -0.339 e. The number of hydrogen-bond acceptors (Lipinski definition) is 3. The lowest BCUT2D eigenvalue weighted by molar-refractivity contribution is -0.115. The van der Waals surface area contributed by atoms with E-state index >= 15 is 0 Å². The molecule has 2 amide bonds. The van der Waals surface area contributed by atoms with Crippen LogP contribution in [-0.2, 0) is 4.79 Å². The molecule has 0 atom stereocenters. The molecule has 2 aromatic carbocycles. The molecule has 1 aliphatic heterocycles. The Hall–Kier alpha value is -2.99. The number of thiocarbonyl (C=S) groups is 1. The summed E-state index contributed by atoms with van der Waals surface area (Å²) in [5.41, 5.74) is 2.07. The van der Waals surface area contributed by atoms with Crippen molar-refractivity contribution in [3.63, 3.8) is 0 Å². The van der Waals surface area contributed by atoms with Gasteiger partial charge in [-0.15, -0.1) is 0 Å². The molecule has 2 N–H and O–H groups in total. The Morgan fingerprint density at radius 3 is 2.37 bits per heavy atom. The maximum absolute atomic E-state index is 12.7. The summed E-state index contributed by atoms with van der Waals surface area (Å²) in [7, 11) is 0. The predicted molar refractivity (Wildman–Crippen MR) is 111 cm³/mol. The molecule has 1 aliphatic rings. The van der Waals surface area contributed by atoms with Crippen molar-refractivity contribution in [1.82, 2.24) is 10.2 Å². The molecular weight excluding hydrogens is 358 g/mol. The molecule has 0 bridgehead atoms. The number of rotatable bonds is 4. The lowest BCUT2D eigenvalue weighted by atomic mass is 10.1. The van der Waals surface area contributed by atoms with Crippen LogP contribution in [0.3, 0.4) is 0 Å². The summed E-state index contributed by atoms with van der Waals surface area (Å²) in [6.07, 6.45) is 5.19. The van der Waals surface area contributed by atoms with Crippen LogP contribution >= 0.6 is 12.2 Å². The van der Waals surface area contributed by atoms with Gasteiger partial charge in [0, 0.05) is 19.2 Å². The number of nitrogens with one attached hydrogen (secondary N) is 2. The number of likely N-dealkylation sites (tertiary alicyclic amines) is 1. The van der Waals surface area contributed by atoms with Crippen LogP contribution in [0.15, 0.2) is 60.7 Å². The average molecular weight is 379 g/mol. The Bertz CT molecular complexity index is 859. The Labute approximate surface area is 164 Å². The summed E-state index contributed by atoms with van der Waals surface area (Å²) in [6.45, 7) is 1.55. The zero-order chi connectivity index (χ0) is 19.1. The molecule has 6 heteroatoms. The maximum Gasteiger partial charge on any atom is 0.255 e. The van der Waals surface area contributed by atoms with Gasteiger partial charge in [0.05, 0.1) is 11.3 Å². The molecule has 27 heavy (non-hydrogen) atoms. The molecule has 0 spiro atoms. The van der Waals surface area contributed by atoms with E-state index in [2.05, 4.69) is 10.6 Å². The molecule has 1 heterocycles. The molecule has 0 unspecified atom stereocenters. The van der Waals surface area contributed by atoms with Crippen LogP contribution in [0.2, 0.25) is 0 Å². The largest absolute Gasteiger partial charge is 0.339 e. The van der Waals surface area contributed by atoms with E-state index in [4.69, 9.17) is 12.2 Å². The van der Waals surface area contributed by atoms with Gasteiger partial charge in [0.2, 0.25) is 5.91 Å². The van der Waals surface area contributed by atoms with Crippen LogP contribution in [0.4, 0.5) is 5.69 Å². The van der Waals surface area contributed by atoms with E-state index in [-0.39, 0.29) is 16.9 Å². The summed E-state index contributed by atoms with van der Waals surface area (Å²) in [4.78, 5) is 26.6. The van der Waals surface area contributed by atoms with Crippen molar-refractivity contribution in [2.45, 2.75) is 12.8 Å². The second-order valence-electron chi connectivity index (χ2n) is 6.23. The van der Waals surface area contributed by atoms with E-state index in [0.29, 0.717) is 11.3 Å². The molecule has 3 rings (SSSR count). The molecule has 0 saturated carbocycles. The molecule has 138 valence electrons. The summed E-state index contributed by atoms with van der Waals surface area (Å²) in [5, 5.41) is 5.72. The highest BCUT2D eigenvalue weighted by molar-refractivity contribution is 7.80. The number of nitrogens with zero attached hydrogens (tertiary/aromatic N) is 1. The maximum atomic E-state index is 12.7. The van der Waals surface area contributed by atoms with Crippen molar-refractivity contribution < 1.29 is 9.59 Å². The summed E-state index contributed by atoms with van der Waals surface area (Å²) in [5.74, 6) is -0.353. The molecule has 2 aromatic rings. The minimum absolute atomic E-state index is 0.0197. The Morgan fingerprint density at radius 1 is 0.963 bits per heavy atom. The monoisotopic (exact) mass is 379 g/mol. The summed E-state index contributed by atoms with van der Waals surface area (Å²) < 4.78 is 0. The van der Waals surface area contributed by atoms with E-state index in [1.807, 2.05) is 47.4 Å². The number of amides is 2. The standard InChI is InChI=1S/C21H21N3O2S/c25-19(13-12-16-8-2-1-3-9-16)23-21(27)22-18-11-5-4-10-17(18)20(26)24-14-6-7-15-24/h1-5,8-13H,6-7,14-15H2,(H2,22,23,25,27)/b13-12+. The fraction of sp³-hybridized carbons (Fsp3) is 0.190. The number of benzene rings is 2. The molecule has 0 radical (unpaired) electrons. The van der Waals surface area contributed by atoms with Crippen LogP contribution in [0.1, 0.15) is 28.8 Å². The van der Waals surface area contributed by atoms with E-state index in [1.165, 1.54) is 6.08 Å². The van der Waals surface area contributed by atoms with Gasteiger partial charge in [-0.1, -0.05) is 42.5 Å². The zero-order valence-corrected chi connectivity index (χ0v) is 15.7. The first-order chi connectivity index (χ1) is 13.1. The second kappa shape index (κ2) is 9.09.